The van der Waals surface area contributed by atoms with E-state index in [0.717, 1.165) is 27.2 Å². The molecule has 3 nitrogen and oxygen atoms in total. The van der Waals surface area contributed by atoms with Crippen LogP contribution in [0.1, 0.15) is 26.6 Å². The van der Waals surface area contributed by atoms with Gasteiger partial charge in [-0.1, -0.05) is 26.8 Å². The molecule has 0 amide bonds. The Balaban J connectivity index is 2.40. The van der Waals surface area contributed by atoms with Gasteiger partial charge in [0.1, 0.15) is 5.82 Å². The molecular formula is C13H16BrN3. The highest BCUT2D eigenvalue weighted by molar-refractivity contribution is 9.10. The lowest BCUT2D eigenvalue weighted by Gasteiger charge is -2.14. The van der Waals surface area contributed by atoms with Crippen molar-refractivity contribution in [2.45, 2.75) is 26.2 Å². The van der Waals surface area contributed by atoms with Crippen molar-refractivity contribution in [3.05, 3.63) is 34.7 Å². The summed E-state index contributed by atoms with van der Waals surface area (Å²) >= 11 is 3.39. The smallest absolute Gasteiger partial charge is 0.111 e. The molecule has 0 atom stereocenters. The molecule has 0 unspecified atom stereocenters. The van der Waals surface area contributed by atoms with Gasteiger partial charge in [-0.05, 0) is 28.1 Å². The monoisotopic (exact) mass is 293 g/mol. The SMILES string of the molecule is CC(C)(C)c1ncc(-c2ccc(Br)c(N)c2)[nH]1. The molecule has 2 aromatic rings. The Bertz CT molecular complexity index is 538. The molecule has 1 aromatic carbocycles. The van der Waals surface area contributed by atoms with Crippen LogP contribution in [0.2, 0.25) is 0 Å². The highest BCUT2D eigenvalue weighted by Gasteiger charge is 2.17. The minimum absolute atomic E-state index is 0.0269. The maximum Gasteiger partial charge on any atom is 0.111 e. The quantitative estimate of drug-likeness (QED) is 0.788. The Hall–Kier alpha value is -1.29. The number of imidazole rings is 1. The lowest BCUT2D eigenvalue weighted by molar-refractivity contribution is 0.553. The molecule has 0 spiro atoms. The van der Waals surface area contributed by atoms with Crippen LogP contribution in [0.25, 0.3) is 11.3 Å². The number of H-pyrrole nitrogens is 1. The van der Waals surface area contributed by atoms with Crippen molar-refractivity contribution in [2.24, 2.45) is 0 Å². The van der Waals surface area contributed by atoms with Gasteiger partial charge in [0.05, 0.1) is 11.9 Å². The third-order valence-electron chi connectivity index (χ3n) is 2.59. The summed E-state index contributed by atoms with van der Waals surface area (Å²) in [5.74, 6) is 0.981. The molecule has 0 aliphatic carbocycles. The van der Waals surface area contributed by atoms with Crippen molar-refractivity contribution in [2.75, 3.05) is 5.73 Å². The molecule has 0 saturated carbocycles. The maximum atomic E-state index is 5.87. The molecular weight excluding hydrogens is 278 g/mol. The second kappa shape index (κ2) is 4.18. The van der Waals surface area contributed by atoms with Gasteiger partial charge in [-0.2, -0.15) is 0 Å². The molecule has 90 valence electrons. The van der Waals surface area contributed by atoms with Crippen LogP contribution in [0.4, 0.5) is 5.69 Å². The van der Waals surface area contributed by atoms with Gasteiger partial charge < -0.3 is 10.7 Å². The first-order valence-corrected chi connectivity index (χ1v) is 6.28. The topological polar surface area (TPSA) is 54.7 Å². The fraction of sp³-hybridized carbons (Fsp3) is 0.308. The minimum atomic E-state index is 0.0269. The maximum absolute atomic E-state index is 5.87. The van der Waals surface area contributed by atoms with E-state index in [2.05, 4.69) is 46.7 Å². The number of aromatic amines is 1. The van der Waals surface area contributed by atoms with Crippen molar-refractivity contribution in [1.29, 1.82) is 0 Å². The first-order chi connectivity index (χ1) is 7.88. The van der Waals surface area contributed by atoms with Crippen LogP contribution in [-0.2, 0) is 5.41 Å². The van der Waals surface area contributed by atoms with E-state index >= 15 is 0 Å². The number of nitrogens with zero attached hydrogens (tertiary/aromatic N) is 1. The number of hydrogen-bond donors (Lipinski definition) is 2. The molecule has 3 N–H and O–H groups in total. The number of halogens is 1. The largest absolute Gasteiger partial charge is 0.398 e. The van der Waals surface area contributed by atoms with E-state index in [1.807, 2.05) is 24.4 Å². The summed E-state index contributed by atoms with van der Waals surface area (Å²) in [6.45, 7) is 6.39. The second-order valence-corrected chi connectivity index (χ2v) is 5.99. The van der Waals surface area contributed by atoms with Crippen molar-refractivity contribution < 1.29 is 0 Å². The minimum Gasteiger partial charge on any atom is -0.398 e. The van der Waals surface area contributed by atoms with Crippen molar-refractivity contribution >= 4 is 21.6 Å². The highest BCUT2D eigenvalue weighted by atomic mass is 79.9. The fourth-order valence-electron chi connectivity index (χ4n) is 1.56. The van der Waals surface area contributed by atoms with Crippen LogP contribution in [0.3, 0.4) is 0 Å². The lowest BCUT2D eigenvalue weighted by Crippen LogP contribution is -2.13. The molecule has 0 radical (unpaired) electrons. The van der Waals surface area contributed by atoms with Crippen molar-refractivity contribution in [3.63, 3.8) is 0 Å². The number of rotatable bonds is 1. The van der Waals surface area contributed by atoms with Gasteiger partial charge in [0.15, 0.2) is 0 Å². The molecule has 0 aliphatic heterocycles. The zero-order chi connectivity index (χ0) is 12.6. The zero-order valence-electron chi connectivity index (χ0n) is 10.2. The Kier molecular flexibility index (Phi) is 3.00. The number of nitrogens with two attached hydrogens (primary N) is 1. The summed E-state index contributed by atoms with van der Waals surface area (Å²) in [5, 5.41) is 0. The van der Waals surface area contributed by atoms with Crippen LogP contribution >= 0.6 is 15.9 Å². The summed E-state index contributed by atoms with van der Waals surface area (Å²) in [4.78, 5) is 7.74. The molecule has 0 aliphatic rings. The van der Waals surface area contributed by atoms with Gasteiger partial charge >= 0.3 is 0 Å². The van der Waals surface area contributed by atoms with Crippen LogP contribution in [-0.4, -0.2) is 9.97 Å². The Labute approximate surface area is 110 Å². The molecule has 4 heteroatoms. The Morgan fingerprint density at radius 2 is 2.00 bits per heavy atom. The van der Waals surface area contributed by atoms with E-state index < -0.39 is 0 Å². The van der Waals surface area contributed by atoms with E-state index in [1.165, 1.54) is 0 Å². The average Bonchev–Trinajstić information content (AvgIpc) is 2.70. The molecule has 0 fully saturated rings. The van der Waals surface area contributed by atoms with E-state index in [1.54, 1.807) is 0 Å². The van der Waals surface area contributed by atoms with Crippen LogP contribution in [0, 0.1) is 0 Å². The summed E-state index contributed by atoms with van der Waals surface area (Å²) < 4.78 is 0.914. The van der Waals surface area contributed by atoms with Gasteiger partial charge in [-0.15, -0.1) is 0 Å². The van der Waals surface area contributed by atoms with Gasteiger partial charge in [-0.3, -0.25) is 0 Å². The highest BCUT2D eigenvalue weighted by Crippen LogP contribution is 2.27. The standard InChI is InChI=1S/C13H16BrN3/c1-13(2,3)12-16-7-11(17-12)8-4-5-9(14)10(15)6-8/h4-7H,15H2,1-3H3,(H,16,17). The second-order valence-electron chi connectivity index (χ2n) is 5.13. The Morgan fingerprint density at radius 3 is 2.53 bits per heavy atom. The molecule has 1 heterocycles. The van der Waals surface area contributed by atoms with Gasteiger partial charge in [-0.25, -0.2) is 4.98 Å². The zero-order valence-corrected chi connectivity index (χ0v) is 11.8. The number of hydrogen-bond acceptors (Lipinski definition) is 2. The van der Waals surface area contributed by atoms with Gasteiger partial charge in [0.25, 0.3) is 0 Å². The van der Waals surface area contributed by atoms with E-state index in [-0.39, 0.29) is 5.41 Å². The third-order valence-corrected chi connectivity index (χ3v) is 3.32. The lowest BCUT2D eigenvalue weighted by atomic mass is 9.96. The normalized spacial score (nSPS) is 11.8. The number of aromatic nitrogens is 2. The summed E-state index contributed by atoms with van der Waals surface area (Å²) in [5.41, 5.74) is 8.67. The third kappa shape index (κ3) is 2.52. The molecule has 17 heavy (non-hydrogen) atoms. The van der Waals surface area contributed by atoms with E-state index in [9.17, 15) is 0 Å². The van der Waals surface area contributed by atoms with E-state index in [0.29, 0.717) is 0 Å². The predicted molar refractivity (Wildman–Crippen MR) is 74.8 cm³/mol. The number of benzene rings is 1. The molecule has 0 bridgehead atoms. The van der Waals surface area contributed by atoms with Gasteiger partial charge in [0, 0.05) is 21.1 Å². The average molecular weight is 294 g/mol. The van der Waals surface area contributed by atoms with Crippen molar-refractivity contribution in [3.8, 4) is 11.3 Å². The first-order valence-electron chi connectivity index (χ1n) is 5.49. The first kappa shape index (κ1) is 12.2. The molecule has 0 saturated heterocycles. The molecule has 2 rings (SSSR count). The summed E-state index contributed by atoms with van der Waals surface area (Å²) in [6.07, 6.45) is 1.85. The fourth-order valence-corrected chi connectivity index (χ4v) is 1.81. The molecule has 1 aromatic heterocycles. The van der Waals surface area contributed by atoms with E-state index in [4.69, 9.17) is 5.73 Å². The summed E-state index contributed by atoms with van der Waals surface area (Å²) in [7, 11) is 0. The van der Waals surface area contributed by atoms with Crippen LogP contribution < -0.4 is 5.73 Å². The van der Waals surface area contributed by atoms with Crippen LogP contribution in [0.5, 0.6) is 0 Å². The summed E-state index contributed by atoms with van der Waals surface area (Å²) in [6, 6.07) is 5.90. The number of nitrogens with one attached hydrogen (secondary N) is 1. The van der Waals surface area contributed by atoms with Crippen LogP contribution in [0.15, 0.2) is 28.9 Å². The predicted octanol–water partition coefficient (Wildman–Crippen LogP) is 3.72. The van der Waals surface area contributed by atoms with Crippen molar-refractivity contribution in [1.82, 2.24) is 9.97 Å². The number of anilines is 1. The Morgan fingerprint density at radius 1 is 1.29 bits per heavy atom. The number of nitrogen functional groups attached to an aromatic ring is 1. The van der Waals surface area contributed by atoms with Gasteiger partial charge in [0.2, 0.25) is 0 Å².